The molecule has 2 heterocycles. The van der Waals surface area contributed by atoms with Crippen LogP contribution in [0.1, 0.15) is 26.5 Å². The fourth-order valence-corrected chi connectivity index (χ4v) is 1.70. The SMILES string of the molecule is CC(C)(C)c1[nH]nc(N)c1-c1cccnc1. The third-order valence-corrected chi connectivity index (χ3v) is 2.49. The van der Waals surface area contributed by atoms with Crippen LogP contribution in [-0.4, -0.2) is 15.2 Å². The van der Waals surface area contributed by atoms with Crippen molar-refractivity contribution >= 4 is 5.82 Å². The highest BCUT2D eigenvalue weighted by atomic mass is 15.2. The molecule has 0 fully saturated rings. The second kappa shape index (κ2) is 3.63. The van der Waals surface area contributed by atoms with Gasteiger partial charge in [0, 0.05) is 28.9 Å². The van der Waals surface area contributed by atoms with E-state index in [-0.39, 0.29) is 5.41 Å². The van der Waals surface area contributed by atoms with Gasteiger partial charge in [-0.25, -0.2) is 0 Å². The van der Waals surface area contributed by atoms with Crippen LogP contribution in [-0.2, 0) is 5.41 Å². The summed E-state index contributed by atoms with van der Waals surface area (Å²) in [5, 5.41) is 7.09. The van der Waals surface area contributed by atoms with E-state index in [1.807, 2.05) is 12.1 Å². The van der Waals surface area contributed by atoms with Gasteiger partial charge in [-0.2, -0.15) is 5.10 Å². The Morgan fingerprint density at radius 1 is 1.31 bits per heavy atom. The minimum absolute atomic E-state index is 0.0181. The molecule has 4 nitrogen and oxygen atoms in total. The number of hydrogen-bond acceptors (Lipinski definition) is 3. The number of nitrogens with one attached hydrogen (secondary N) is 1. The molecule has 2 rings (SSSR count). The summed E-state index contributed by atoms with van der Waals surface area (Å²) in [6.07, 6.45) is 3.55. The van der Waals surface area contributed by atoms with Gasteiger partial charge in [0.1, 0.15) is 0 Å². The first-order valence-electron chi connectivity index (χ1n) is 5.25. The monoisotopic (exact) mass is 216 g/mol. The second-order valence-corrected chi connectivity index (χ2v) is 4.85. The van der Waals surface area contributed by atoms with E-state index < -0.39 is 0 Å². The molecule has 0 unspecified atom stereocenters. The summed E-state index contributed by atoms with van der Waals surface area (Å²) in [4.78, 5) is 4.11. The molecule has 0 saturated carbocycles. The van der Waals surface area contributed by atoms with Crippen LogP contribution in [0.2, 0.25) is 0 Å². The molecular formula is C12H16N4. The topological polar surface area (TPSA) is 67.6 Å². The average Bonchev–Trinajstić information content (AvgIpc) is 2.61. The highest BCUT2D eigenvalue weighted by molar-refractivity contribution is 5.76. The maximum atomic E-state index is 5.90. The molecule has 0 atom stereocenters. The molecule has 3 N–H and O–H groups in total. The number of pyridine rings is 1. The van der Waals surface area contributed by atoms with E-state index in [2.05, 4.69) is 36.0 Å². The minimum Gasteiger partial charge on any atom is -0.382 e. The number of nitrogens with zero attached hydrogens (tertiary/aromatic N) is 2. The Morgan fingerprint density at radius 2 is 2.06 bits per heavy atom. The van der Waals surface area contributed by atoms with Gasteiger partial charge in [-0.05, 0) is 6.07 Å². The van der Waals surface area contributed by atoms with Gasteiger partial charge in [-0.3, -0.25) is 10.1 Å². The Kier molecular flexibility index (Phi) is 2.42. The Bertz CT molecular complexity index is 479. The van der Waals surface area contributed by atoms with Crippen molar-refractivity contribution in [2.45, 2.75) is 26.2 Å². The van der Waals surface area contributed by atoms with Crippen LogP contribution in [0.25, 0.3) is 11.1 Å². The summed E-state index contributed by atoms with van der Waals surface area (Å²) in [5.41, 5.74) is 8.88. The number of aromatic amines is 1. The van der Waals surface area contributed by atoms with Gasteiger partial charge in [-0.15, -0.1) is 0 Å². The predicted octanol–water partition coefficient (Wildman–Crippen LogP) is 2.35. The van der Waals surface area contributed by atoms with E-state index in [0.717, 1.165) is 16.8 Å². The number of hydrogen-bond donors (Lipinski definition) is 2. The zero-order chi connectivity index (χ0) is 11.8. The first kappa shape index (κ1) is 10.7. The summed E-state index contributed by atoms with van der Waals surface area (Å²) in [7, 11) is 0. The van der Waals surface area contributed by atoms with E-state index in [4.69, 9.17) is 5.73 Å². The third-order valence-electron chi connectivity index (χ3n) is 2.49. The molecular weight excluding hydrogens is 200 g/mol. The number of nitrogens with two attached hydrogens (primary N) is 1. The molecule has 0 amide bonds. The molecule has 0 aromatic carbocycles. The maximum absolute atomic E-state index is 5.90. The van der Waals surface area contributed by atoms with Crippen molar-refractivity contribution in [2.75, 3.05) is 5.73 Å². The van der Waals surface area contributed by atoms with Crippen molar-refractivity contribution in [1.29, 1.82) is 0 Å². The molecule has 0 radical (unpaired) electrons. The van der Waals surface area contributed by atoms with Crippen LogP contribution in [0, 0.1) is 0 Å². The molecule has 0 aliphatic carbocycles. The molecule has 84 valence electrons. The lowest BCUT2D eigenvalue weighted by atomic mass is 9.87. The lowest BCUT2D eigenvalue weighted by Gasteiger charge is -2.18. The van der Waals surface area contributed by atoms with Crippen LogP contribution in [0.5, 0.6) is 0 Å². The lowest BCUT2D eigenvalue weighted by molar-refractivity contribution is 0.568. The molecule has 0 spiro atoms. The number of aromatic nitrogens is 3. The standard InChI is InChI=1S/C12H16N4/c1-12(2,3)10-9(11(13)16-15-10)8-5-4-6-14-7-8/h4-7H,1-3H3,(H3,13,15,16). The van der Waals surface area contributed by atoms with Crippen molar-refractivity contribution in [3.8, 4) is 11.1 Å². The van der Waals surface area contributed by atoms with Crippen LogP contribution >= 0.6 is 0 Å². The second-order valence-electron chi connectivity index (χ2n) is 4.85. The van der Waals surface area contributed by atoms with E-state index in [0.29, 0.717) is 5.82 Å². The van der Waals surface area contributed by atoms with Gasteiger partial charge >= 0.3 is 0 Å². The van der Waals surface area contributed by atoms with Crippen molar-refractivity contribution in [1.82, 2.24) is 15.2 Å². The molecule has 4 heteroatoms. The number of anilines is 1. The van der Waals surface area contributed by atoms with Crippen LogP contribution in [0.3, 0.4) is 0 Å². The Hall–Kier alpha value is -1.84. The summed E-state index contributed by atoms with van der Waals surface area (Å²) < 4.78 is 0. The zero-order valence-electron chi connectivity index (χ0n) is 9.78. The Labute approximate surface area is 94.9 Å². The predicted molar refractivity (Wildman–Crippen MR) is 64.9 cm³/mol. The molecule has 0 aliphatic rings. The summed E-state index contributed by atoms with van der Waals surface area (Å²) in [6, 6.07) is 3.89. The van der Waals surface area contributed by atoms with Gasteiger partial charge in [-0.1, -0.05) is 26.8 Å². The van der Waals surface area contributed by atoms with Crippen LogP contribution < -0.4 is 5.73 Å². The normalized spacial score (nSPS) is 11.7. The summed E-state index contributed by atoms with van der Waals surface area (Å²) in [5.74, 6) is 0.526. The van der Waals surface area contributed by atoms with Gasteiger partial charge in [0.15, 0.2) is 5.82 Å². The molecule has 2 aromatic heterocycles. The van der Waals surface area contributed by atoms with Gasteiger partial charge in [0.2, 0.25) is 0 Å². The molecule has 2 aromatic rings. The largest absolute Gasteiger partial charge is 0.382 e. The van der Waals surface area contributed by atoms with Crippen molar-refractivity contribution in [3.63, 3.8) is 0 Å². The number of nitrogen functional groups attached to an aromatic ring is 1. The van der Waals surface area contributed by atoms with Gasteiger partial charge < -0.3 is 5.73 Å². The first-order chi connectivity index (χ1) is 7.50. The van der Waals surface area contributed by atoms with Crippen molar-refractivity contribution < 1.29 is 0 Å². The van der Waals surface area contributed by atoms with E-state index >= 15 is 0 Å². The number of H-pyrrole nitrogens is 1. The number of rotatable bonds is 1. The third kappa shape index (κ3) is 1.78. The maximum Gasteiger partial charge on any atom is 0.153 e. The minimum atomic E-state index is -0.0181. The summed E-state index contributed by atoms with van der Waals surface area (Å²) in [6.45, 7) is 6.37. The van der Waals surface area contributed by atoms with Crippen molar-refractivity contribution in [3.05, 3.63) is 30.2 Å². The average molecular weight is 216 g/mol. The summed E-state index contributed by atoms with van der Waals surface area (Å²) >= 11 is 0. The molecule has 0 aliphatic heterocycles. The highest BCUT2D eigenvalue weighted by Crippen LogP contribution is 2.34. The molecule has 16 heavy (non-hydrogen) atoms. The van der Waals surface area contributed by atoms with Gasteiger partial charge in [0.25, 0.3) is 0 Å². The van der Waals surface area contributed by atoms with Crippen LogP contribution in [0.15, 0.2) is 24.5 Å². The van der Waals surface area contributed by atoms with Gasteiger partial charge in [0.05, 0.1) is 5.69 Å². The Morgan fingerprint density at radius 3 is 2.62 bits per heavy atom. The van der Waals surface area contributed by atoms with E-state index in [9.17, 15) is 0 Å². The molecule has 0 bridgehead atoms. The smallest absolute Gasteiger partial charge is 0.153 e. The molecule has 0 saturated heterocycles. The Balaban J connectivity index is 2.61. The van der Waals surface area contributed by atoms with Crippen molar-refractivity contribution in [2.24, 2.45) is 0 Å². The van der Waals surface area contributed by atoms with Crippen LogP contribution in [0.4, 0.5) is 5.82 Å². The fraction of sp³-hybridized carbons (Fsp3) is 0.333. The fourth-order valence-electron chi connectivity index (χ4n) is 1.70. The highest BCUT2D eigenvalue weighted by Gasteiger charge is 2.23. The quantitative estimate of drug-likeness (QED) is 0.768. The zero-order valence-corrected chi connectivity index (χ0v) is 9.78. The van der Waals surface area contributed by atoms with E-state index in [1.54, 1.807) is 12.4 Å². The lowest BCUT2D eigenvalue weighted by Crippen LogP contribution is -2.13. The first-order valence-corrected chi connectivity index (χ1v) is 5.25. The van der Waals surface area contributed by atoms with E-state index in [1.165, 1.54) is 0 Å².